The van der Waals surface area contributed by atoms with Gasteiger partial charge in [0.25, 0.3) is 0 Å². The first-order valence-corrected chi connectivity index (χ1v) is 4.56. The third-order valence-corrected chi connectivity index (χ3v) is 2.23. The Bertz CT molecular complexity index is 440. The minimum Gasteiger partial charge on any atom is -0.369 e. The zero-order valence-corrected chi connectivity index (χ0v) is 8.33. The molecule has 3 heteroatoms. The van der Waals surface area contributed by atoms with Crippen molar-refractivity contribution in [3.05, 3.63) is 35.5 Å². The van der Waals surface area contributed by atoms with Crippen molar-refractivity contribution >= 4 is 5.95 Å². The molecule has 0 saturated heterocycles. The molecule has 0 spiro atoms. The summed E-state index contributed by atoms with van der Waals surface area (Å²) in [5, 5.41) is 0. The number of aromatic amines is 1. The highest BCUT2D eigenvalue weighted by Gasteiger charge is 2.05. The Balaban J connectivity index is 2.49. The Morgan fingerprint density at radius 3 is 2.29 bits per heavy atom. The van der Waals surface area contributed by atoms with E-state index in [4.69, 9.17) is 5.73 Å². The number of imidazole rings is 1. The van der Waals surface area contributed by atoms with Gasteiger partial charge in [0.1, 0.15) is 0 Å². The number of nitrogens with one attached hydrogen (secondary N) is 1. The van der Waals surface area contributed by atoms with E-state index < -0.39 is 0 Å². The lowest BCUT2D eigenvalue weighted by Crippen LogP contribution is -1.85. The largest absolute Gasteiger partial charge is 0.369 e. The van der Waals surface area contributed by atoms with Gasteiger partial charge >= 0.3 is 0 Å². The zero-order chi connectivity index (χ0) is 10.1. The molecule has 0 radical (unpaired) electrons. The van der Waals surface area contributed by atoms with E-state index in [9.17, 15) is 0 Å². The molecule has 0 aliphatic rings. The molecule has 0 bridgehead atoms. The highest BCUT2D eigenvalue weighted by molar-refractivity contribution is 5.63. The Hall–Kier alpha value is -1.77. The van der Waals surface area contributed by atoms with Gasteiger partial charge in [-0.3, -0.25) is 0 Å². The number of nitrogens with zero attached hydrogens (tertiary/aromatic N) is 1. The summed E-state index contributed by atoms with van der Waals surface area (Å²) in [6.07, 6.45) is 0. The highest BCUT2D eigenvalue weighted by Crippen LogP contribution is 2.21. The first-order valence-electron chi connectivity index (χ1n) is 4.56. The summed E-state index contributed by atoms with van der Waals surface area (Å²) >= 11 is 0. The van der Waals surface area contributed by atoms with Crippen LogP contribution < -0.4 is 5.73 Å². The average molecular weight is 187 g/mol. The first-order chi connectivity index (χ1) is 6.66. The van der Waals surface area contributed by atoms with Crippen LogP contribution in [0, 0.1) is 13.8 Å². The van der Waals surface area contributed by atoms with Crippen LogP contribution in [0.2, 0.25) is 0 Å². The summed E-state index contributed by atoms with van der Waals surface area (Å²) in [6.45, 7) is 4.04. The van der Waals surface area contributed by atoms with E-state index in [1.165, 1.54) is 5.56 Å². The van der Waals surface area contributed by atoms with E-state index in [1.807, 2.05) is 6.92 Å². The maximum atomic E-state index is 5.58. The lowest BCUT2D eigenvalue weighted by atomic mass is 10.1. The second-order valence-electron chi connectivity index (χ2n) is 3.46. The Labute approximate surface area is 83.0 Å². The monoisotopic (exact) mass is 187 g/mol. The number of aryl methyl sites for hydroxylation is 2. The van der Waals surface area contributed by atoms with Crippen LogP contribution in [0.1, 0.15) is 11.3 Å². The van der Waals surface area contributed by atoms with E-state index in [2.05, 4.69) is 41.2 Å². The summed E-state index contributed by atoms with van der Waals surface area (Å²) in [5.41, 5.74) is 9.86. The Kier molecular flexibility index (Phi) is 2.00. The maximum Gasteiger partial charge on any atom is 0.198 e. The van der Waals surface area contributed by atoms with Crippen LogP contribution in [0.4, 0.5) is 5.95 Å². The highest BCUT2D eigenvalue weighted by atomic mass is 15.0. The Morgan fingerprint density at radius 2 is 1.79 bits per heavy atom. The van der Waals surface area contributed by atoms with Crippen LogP contribution in [0.15, 0.2) is 24.3 Å². The average Bonchev–Trinajstić information content (AvgIpc) is 2.47. The third kappa shape index (κ3) is 1.48. The quantitative estimate of drug-likeness (QED) is 0.719. The number of H-pyrrole nitrogens is 1. The van der Waals surface area contributed by atoms with Crippen molar-refractivity contribution in [3.63, 3.8) is 0 Å². The fraction of sp³-hybridized carbons (Fsp3) is 0.182. The van der Waals surface area contributed by atoms with Gasteiger partial charge in [0, 0.05) is 11.3 Å². The van der Waals surface area contributed by atoms with Gasteiger partial charge in [-0.15, -0.1) is 0 Å². The predicted octanol–water partition coefficient (Wildman–Crippen LogP) is 2.28. The molecule has 1 aromatic heterocycles. The molecule has 1 heterocycles. The number of aromatic nitrogens is 2. The van der Waals surface area contributed by atoms with E-state index in [1.54, 1.807) is 0 Å². The molecule has 2 aromatic rings. The number of anilines is 1. The van der Waals surface area contributed by atoms with Gasteiger partial charge in [0.05, 0.1) is 5.69 Å². The van der Waals surface area contributed by atoms with Gasteiger partial charge in [-0.25, -0.2) is 4.98 Å². The van der Waals surface area contributed by atoms with Crippen molar-refractivity contribution in [1.29, 1.82) is 0 Å². The first kappa shape index (κ1) is 8.81. The van der Waals surface area contributed by atoms with E-state index in [0.717, 1.165) is 17.0 Å². The molecule has 0 atom stereocenters. The molecule has 3 N–H and O–H groups in total. The Morgan fingerprint density at radius 1 is 1.14 bits per heavy atom. The van der Waals surface area contributed by atoms with Gasteiger partial charge in [-0.05, 0) is 13.8 Å². The number of benzene rings is 1. The lowest BCUT2D eigenvalue weighted by Gasteiger charge is -1.98. The SMILES string of the molecule is Cc1ccc(-c2nc(N)[nH]c2C)cc1. The zero-order valence-electron chi connectivity index (χ0n) is 8.33. The van der Waals surface area contributed by atoms with Crippen LogP contribution in [-0.4, -0.2) is 9.97 Å². The molecule has 0 amide bonds. The number of hydrogen-bond donors (Lipinski definition) is 2. The summed E-state index contributed by atoms with van der Waals surface area (Å²) in [5.74, 6) is 0.470. The maximum absolute atomic E-state index is 5.58. The van der Waals surface area contributed by atoms with Crippen molar-refractivity contribution in [3.8, 4) is 11.3 Å². The van der Waals surface area contributed by atoms with Gasteiger partial charge in [-0.1, -0.05) is 29.8 Å². The minimum absolute atomic E-state index is 0.470. The molecule has 0 aliphatic heterocycles. The van der Waals surface area contributed by atoms with Gasteiger partial charge in [-0.2, -0.15) is 0 Å². The molecule has 0 aliphatic carbocycles. The summed E-state index contributed by atoms with van der Waals surface area (Å²) in [7, 11) is 0. The van der Waals surface area contributed by atoms with Crippen LogP contribution in [-0.2, 0) is 0 Å². The summed E-state index contributed by atoms with van der Waals surface area (Å²) in [6, 6.07) is 8.25. The smallest absolute Gasteiger partial charge is 0.198 e. The second kappa shape index (κ2) is 3.18. The number of hydrogen-bond acceptors (Lipinski definition) is 2. The van der Waals surface area contributed by atoms with E-state index >= 15 is 0 Å². The lowest BCUT2D eigenvalue weighted by molar-refractivity contribution is 1.26. The molecular formula is C11H13N3. The van der Waals surface area contributed by atoms with Crippen LogP contribution >= 0.6 is 0 Å². The van der Waals surface area contributed by atoms with Crippen LogP contribution in [0.3, 0.4) is 0 Å². The molecule has 0 unspecified atom stereocenters. The molecule has 3 nitrogen and oxygen atoms in total. The second-order valence-corrected chi connectivity index (χ2v) is 3.46. The van der Waals surface area contributed by atoms with Gasteiger partial charge in [0.15, 0.2) is 5.95 Å². The van der Waals surface area contributed by atoms with Crippen LogP contribution in [0.25, 0.3) is 11.3 Å². The predicted molar refractivity (Wildman–Crippen MR) is 57.9 cm³/mol. The fourth-order valence-corrected chi connectivity index (χ4v) is 1.48. The number of nitrogens with two attached hydrogens (primary N) is 1. The van der Waals surface area contributed by atoms with E-state index in [-0.39, 0.29) is 0 Å². The molecule has 0 fully saturated rings. The summed E-state index contributed by atoms with van der Waals surface area (Å²) < 4.78 is 0. The topological polar surface area (TPSA) is 54.7 Å². The van der Waals surface area contributed by atoms with Crippen molar-refractivity contribution in [1.82, 2.24) is 9.97 Å². The fourth-order valence-electron chi connectivity index (χ4n) is 1.48. The van der Waals surface area contributed by atoms with Gasteiger partial charge < -0.3 is 10.7 Å². The molecule has 72 valence electrons. The van der Waals surface area contributed by atoms with Crippen molar-refractivity contribution in [2.45, 2.75) is 13.8 Å². The van der Waals surface area contributed by atoms with Gasteiger partial charge in [0.2, 0.25) is 0 Å². The third-order valence-electron chi connectivity index (χ3n) is 2.23. The van der Waals surface area contributed by atoms with Crippen molar-refractivity contribution < 1.29 is 0 Å². The summed E-state index contributed by atoms with van der Waals surface area (Å²) in [4.78, 5) is 7.22. The molecule has 14 heavy (non-hydrogen) atoms. The standard InChI is InChI=1S/C11H13N3/c1-7-3-5-9(6-4-7)10-8(2)13-11(12)14-10/h3-6H,1-2H3,(H3,12,13,14). The number of rotatable bonds is 1. The van der Waals surface area contributed by atoms with Crippen molar-refractivity contribution in [2.75, 3.05) is 5.73 Å². The van der Waals surface area contributed by atoms with Crippen LogP contribution in [0.5, 0.6) is 0 Å². The minimum atomic E-state index is 0.470. The van der Waals surface area contributed by atoms with Crippen molar-refractivity contribution in [2.24, 2.45) is 0 Å². The molecule has 0 saturated carbocycles. The molecular weight excluding hydrogens is 174 g/mol. The number of nitrogen functional groups attached to an aromatic ring is 1. The molecule has 2 rings (SSSR count). The molecule has 1 aromatic carbocycles. The van der Waals surface area contributed by atoms with E-state index in [0.29, 0.717) is 5.95 Å². The normalized spacial score (nSPS) is 10.4.